The molecular formula is C24H28BrN3O3. The van der Waals surface area contributed by atoms with E-state index in [2.05, 4.69) is 39.9 Å². The van der Waals surface area contributed by atoms with E-state index in [4.69, 9.17) is 9.26 Å². The van der Waals surface area contributed by atoms with Crippen LogP contribution in [0.3, 0.4) is 0 Å². The Labute approximate surface area is 191 Å². The lowest BCUT2D eigenvalue weighted by molar-refractivity contribution is -0.136. The fraction of sp³-hybridized carbons (Fsp3) is 0.375. The number of nitrogens with zero attached hydrogens (tertiary/aromatic N) is 3. The quantitative estimate of drug-likeness (QED) is 0.406. The first-order valence-corrected chi connectivity index (χ1v) is 11.1. The van der Waals surface area contributed by atoms with Crippen LogP contribution in [0.2, 0.25) is 0 Å². The highest BCUT2D eigenvalue weighted by atomic mass is 79.9. The van der Waals surface area contributed by atoms with Crippen molar-refractivity contribution in [2.24, 2.45) is 0 Å². The van der Waals surface area contributed by atoms with E-state index in [1.807, 2.05) is 63.2 Å². The molecule has 0 unspecified atom stereocenters. The van der Waals surface area contributed by atoms with Gasteiger partial charge in [0.2, 0.25) is 11.7 Å². The first-order valence-electron chi connectivity index (χ1n) is 10.4. The fourth-order valence-corrected chi connectivity index (χ4v) is 3.57. The number of rotatable bonds is 8. The number of ether oxygens (including phenoxy) is 1. The highest BCUT2D eigenvalue weighted by Crippen LogP contribution is 2.29. The molecule has 1 amide bonds. The zero-order valence-electron chi connectivity index (χ0n) is 18.6. The third-order valence-electron chi connectivity index (χ3n) is 5.00. The Morgan fingerprint density at radius 1 is 1.13 bits per heavy atom. The number of hydrogen-bond acceptors (Lipinski definition) is 5. The van der Waals surface area contributed by atoms with Gasteiger partial charge < -0.3 is 14.2 Å². The Morgan fingerprint density at radius 3 is 2.45 bits per heavy atom. The van der Waals surface area contributed by atoms with Crippen LogP contribution in [-0.4, -0.2) is 33.6 Å². The molecule has 0 aliphatic heterocycles. The van der Waals surface area contributed by atoms with Crippen molar-refractivity contribution in [3.8, 4) is 17.1 Å². The summed E-state index contributed by atoms with van der Waals surface area (Å²) in [5, 5.41) is 4.05. The van der Waals surface area contributed by atoms with Crippen molar-refractivity contribution in [2.75, 3.05) is 6.61 Å². The minimum Gasteiger partial charge on any atom is -0.483 e. The molecule has 0 aliphatic carbocycles. The van der Waals surface area contributed by atoms with Gasteiger partial charge in [-0.2, -0.15) is 4.98 Å². The van der Waals surface area contributed by atoms with Gasteiger partial charge in [-0.05, 0) is 60.3 Å². The van der Waals surface area contributed by atoms with Gasteiger partial charge in [-0.3, -0.25) is 4.79 Å². The van der Waals surface area contributed by atoms with E-state index < -0.39 is 0 Å². The number of amides is 1. The van der Waals surface area contributed by atoms with Crippen LogP contribution in [0, 0.1) is 6.92 Å². The Kier molecular flexibility index (Phi) is 7.49. The summed E-state index contributed by atoms with van der Waals surface area (Å²) in [6.45, 7) is 10.3. The van der Waals surface area contributed by atoms with Gasteiger partial charge in [-0.1, -0.05) is 54.9 Å². The predicted molar refractivity (Wildman–Crippen MR) is 124 cm³/mol. The van der Waals surface area contributed by atoms with Gasteiger partial charge in [0.15, 0.2) is 6.61 Å². The fourth-order valence-electron chi connectivity index (χ4n) is 3.06. The van der Waals surface area contributed by atoms with Gasteiger partial charge in [0.25, 0.3) is 5.91 Å². The van der Waals surface area contributed by atoms with Crippen LogP contribution in [0.25, 0.3) is 11.4 Å². The molecule has 3 aromatic rings. The molecule has 0 saturated heterocycles. The zero-order valence-corrected chi connectivity index (χ0v) is 20.1. The molecule has 0 spiro atoms. The number of aromatic nitrogens is 2. The van der Waals surface area contributed by atoms with Crippen LogP contribution in [0.15, 0.2) is 51.5 Å². The van der Waals surface area contributed by atoms with Gasteiger partial charge in [0, 0.05) is 11.6 Å². The van der Waals surface area contributed by atoms with Gasteiger partial charge >= 0.3 is 0 Å². The summed E-state index contributed by atoms with van der Waals surface area (Å²) < 4.78 is 12.0. The molecule has 1 heterocycles. The van der Waals surface area contributed by atoms with Crippen LogP contribution in [0.1, 0.15) is 50.6 Å². The minimum absolute atomic E-state index is 0.0439. The molecule has 6 nitrogen and oxygen atoms in total. The van der Waals surface area contributed by atoms with Crippen LogP contribution < -0.4 is 4.74 Å². The normalized spacial score (nSPS) is 11.2. The SMILES string of the molecule is Cc1ccc(-c2noc(CN(C(=O)COc3ccc(C(C)C)cc3Br)C(C)C)n2)cc1. The second kappa shape index (κ2) is 10.1. The lowest BCUT2D eigenvalue weighted by Gasteiger charge is -2.25. The predicted octanol–water partition coefficient (Wildman–Crippen LogP) is 5.75. The maximum atomic E-state index is 12.9. The number of halogens is 1. The Balaban J connectivity index is 1.65. The maximum Gasteiger partial charge on any atom is 0.261 e. The van der Waals surface area contributed by atoms with Gasteiger partial charge in [-0.25, -0.2) is 0 Å². The maximum absolute atomic E-state index is 12.9. The number of hydrogen-bond donors (Lipinski definition) is 0. The van der Waals surface area contributed by atoms with E-state index in [0.29, 0.717) is 23.4 Å². The van der Waals surface area contributed by atoms with E-state index in [0.717, 1.165) is 15.6 Å². The molecule has 0 bridgehead atoms. The average molecular weight is 486 g/mol. The lowest BCUT2D eigenvalue weighted by atomic mass is 10.0. The zero-order chi connectivity index (χ0) is 22.5. The van der Waals surface area contributed by atoms with E-state index in [9.17, 15) is 4.79 Å². The first-order chi connectivity index (χ1) is 14.7. The minimum atomic E-state index is -0.148. The largest absolute Gasteiger partial charge is 0.483 e. The Morgan fingerprint density at radius 2 is 1.84 bits per heavy atom. The van der Waals surface area contributed by atoms with Gasteiger partial charge in [0.05, 0.1) is 4.47 Å². The number of carbonyl (C=O) groups excluding carboxylic acids is 1. The van der Waals surface area contributed by atoms with Crippen LogP contribution in [0.4, 0.5) is 0 Å². The molecule has 0 fully saturated rings. The van der Waals surface area contributed by atoms with Crippen LogP contribution in [-0.2, 0) is 11.3 Å². The molecule has 0 N–H and O–H groups in total. The molecule has 1 aromatic heterocycles. The summed E-state index contributed by atoms with van der Waals surface area (Å²) in [5.41, 5.74) is 3.24. The Hall–Kier alpha value is -2.67. The first kappa shape index (κ1) is 23.0. The molecule has 7 heteroatoms. The van der Waals surface area contributed by atoms with Crippen molar-refractivity contribution in [3.05, 3.63) is 64.0 Å². The second-order valence-electron chi connectivity index (χ2n) is 8.13. The van der Waals surface area contributed by atoms with Crippen molar-refractivity contribution >= 4 is 21.8 Å². The number of benzene rings is 2. The standard InChI is InChI=1S/C24H28BrN3O3/c1-15(2)19-10-11-21(20(25)12-19)30-14-23(29)28(16(3)4)13-22-26-24(27-31-22)18-8-6-17(5)7-9-18/h6-12,15-16H,13-14H2,1-5H3. The summed E-state index contributed by atoms with van der Waals surface area (Å²) in [7, 11) is 0. The summed E-state index contributed by atoms with van der Waals surface area (Å²) in [5.74, 6) is 1.81. The van der Waals surface area contributed by atoms with Gasteiger partial charge in [-0.15, -0.1) is 0 Å². The molecule has 31 heavy (non-hydrogen) atoms. The molecule has 0 saturated carbocycles. The molecule has 164 valence electrons. The van der Waals surface area contributed by atoms with E-state index in [1.54, 1.807) is 4.90 Å². The highest BCUT2D eigenvalue weighted by Gasteiger charge is 2.22. The summed E-state index contributed by atoms with van der Waals surface area (Å²) in [4.78, 5) is 19.0. The molecule has 0 radical (unpaired) electrons. The summed E-state index contributed by atoms with van der Waals surface area (Å²) >= 11 is 3.53. The van der Waals surface area contributed by atoms with Crippen molar-refractivity contribution in [1.82, 2.24) is 15.0 Å². The van der Waals surface area contributed by atoms with E-state index in [1.165, 1.54) is 5.56 Å². The van der Waals surface area contributed by atoms with Crippen molar-refractivity contribution < 1.29 is 14.1 Å². The lowest BCUT2D eigenvalue weighted by Crippen LogP contribution is -2.39. The third-order valence-corrected chi connectivity index (χ3v) is 5.62. The van der Waals surface area contributed by atoms with Crippen LogP contribution in [0.5, 0.6) is 5.75 Å². The number of carbonyl (C=O) groups is 1. The van der Waals surface area contributed by atoms with E-state index in [-0.39, 0.29) is 25.1 Å². The molecule has 0 atom stereocenters. The topological polar surface area (TPSA) is 68.5 Å². The highest BCUT2D eigenvalue weighted by molar-refractivity contribution is 9.10. The third kappa shape index (κ3) is 5.94. The summed E-state index contributed by atoms with van der Waals surface area (Å²) in [6.07, 6.45) is 0. The monoisotopic (exact) mass is 485 g/mol. The molecule has 0 aliphatic rings. The van der Waals surface area contributed by atoms with Gasteiger partial charge in [0.1, 0.15) is 12.3 Å². The second-order valence-corrected chi connectivity index (χ2v) is 8.98. The van der Waals surface area contributed by atoms with Crippen molar-refractivity contribution in [3.63, 3.8) is 0 Å². The Bertz CT molecular complexity index is 1030. The molecule has 2 aromatic carbocycles. The summed E-state index contributed by atoms with van der Waals surface area (Å²) in [6, 6.07) is 13.8. The smallest absolute Gasteiger partial charge is 0.261 e. The molecule has 3 rings (SSSR count). The van der Waals surface area contributed by atoms with E-state index >= 15 is 0 Å². The van der Waals surface area contributed by atoms with Crippen molar-refractivity contribution in [1.29, 1.82) is 0 Å². The van der Waals surface area contributed by atoms with Crippen molar-refractivity contribution in [2.45, 2.75) is 53.1 Å². The number of aryl methyl sites for hydroxylation is 1. The van der Waals surface area contributed by atoms with Crippen LogP contribution >= 0.6 is 15.9 Å². The average Bonchev–Trinajstić information content (AvgIpc) is 3.19. The molecular weight excluding hydrogens is 458 g/mol.